The summed E-state index contributed by atoms with van der Waals surface area (Å²) in [5.41, 5.74) is 4.83. The third-order valence-corrected chi connectivity index (χ3v) is 3.65. The van der Waals surface area contributed by atoms with Gasteiger partial charge in [0.25, 0.3) is 0 Å². The average molecular weight is 313 g/mol. The largest absolute Gasteiger partial charge is 0.287 e. The molecule has 0 aliphatic carbocycles. The van der Waals surface area contributed by atoms with Crippen molar-refractivity contribution >= 4 is 17.6 Å². The van der Waals surface area contributed by atoms with E-state index in [4.69, 9.17) is 4.99 Å². The van der Waals surface area contributed by atoms with Crippen molar-refractivity contribution in [3.63, 3.8) is 0 Å². The van der Waals surface area contributed by atoms with Crippen molar-refractivity contribution in [2.24, 2.45) is 15.9 Å². The molecule has 126 valence electrons. The molecule has 0 amide bonds. The summed E-state index contributed by atoms with van der Waals surface area (Å²) in [4.78, 5) is 9.36. The minimum atomic E-state index is 0.470. The quantitative estimate of drug-likeness (QED) is 0.527. The minimum Gasteiger partial charge on any atom is -0.287 e. The fraction of sp³-hybridized carbons (Fsp3) is 0.524. The second-order valence-electron chi connectivity index (χ2n) is 7.06. The van der Waals surface area contributed by atoms with E-state index in [1.807, 2.05) is 12.3 Å². The molecule has 0 aromatic heterocycles. The van der Waals surface area contributed by atoms with Gasteiger partial charge < -0.3 is 0 Å². The molecule has 23 heavy (non-hydrogen) atoms. The van der Waals surface area contributed by atoms with Crippen molar-refractivity contribution < 1.29 is 0 Å². The Morgan fingerprint density at radius 1 is 1.00 bits per heavy atom. The van der Waals surface area contributed by atoms with Crippen molar-refractivity contribution in [2.45, 2.75) is 60.3 Å². The van der Waals surface area contributed by atoms with E-state index in [0.29, 0.717) is 24.3 Å². The van der Waals surface area contributed by atoms with E-state index in [9.17, 15) is 0 Å². The maximum atomic E-state index is 4.91. The van der Waals surface area contributed by atoms with Crippen LogP contribution in [-0.2, 0) is 0 Å². The first-order valence-electron chi connectivity index (χ1n) is 8.66. The molecule has 0 unspecified atom stereocenters. The molecule has 2 heteroatoms. The van der Waals surface area contributed by atoms with Gasteiger partial charge in [0, 0.05) is 11.9 Å². The highest BCUT2D eigenvalue weighted by atomic mass is 14.8. The van der Waals surface area contributed by atoms with E-state index in [2.05, 4.69) is 77.7 Å². The molecule has 0 saturated carbocycles. The Kier molecular flexibility index (Phi) is 7.94. The molecule has 0 fully saturated rings. The van der Waals surface area contributed by atoms with Crippen LogP contribution < -0.4 is 0 Å². The molecule has 0 aliphatic heterocycles. The monoisotopic (exact) mass is 312 g/mol. The molecule has 1 aromatic carbocycles. The number of hydrogen-bond acceptors (Lipinski definition) is 2. The first-order chi connectivity index (χ1) is 10.8. The lowest BCUT2D eigenvalue weighted by atomic mass is 9.93. The smallest absolute Gasteiger partial charge is 0.0769 e. The van der Waals surface area contributed by atoms with Crippen LogP contribution in [-0.4, -0.2) is 18.5 Å². The van der Waals surface area contributed by atoms with Gasteiger partial charge in [-0.2, -0.15) is 0 Å². The summed E-state index contributed by atoms with van der Waals surface area (Å²) in [5.74, 6) is 1.50. The summed E-state index contributed by atoms with van der Waals surface area (Å²) in [6.07, 6.45) is 6.02. The van der Waals surface area contributed by atoms with Crippen molar-refractivity contribution in [3.05, 3.63) is 41.5 Å². The van der Waals surface area contributed by atoms with Gasteiger partial charge in [-0.15, -0.1) is 0 Å². The normalized spacial score (nSPS) is 13.4. The molecule has 1 aromatic rings. The number of para-hydroxylation sites is 1. The number of rotatable bonds is 7. The Morgan fingerprint density at radius 3 is 2.04 bits per heavy atom. The van der Waals surface area contributed by atoms with Gasteiger partial charge in [0.2, 0.25) is 0 Å². The number of aliphatic imine (C=N–C) groups is 2. The van der Waals surface area contributed by atoms with Crippen LogP contribution in [0.1, 0.15) is 71.4 Å². The maximum Gasteiger partial charge on any atom is 0.0769 e. The van der Waals surface area contributed by atoms with Crippen molar-refractivity contribution in [3.8, 4) is 0 Å². The van der Waals surface area contributed by atoms with Crippen LogP contribution in [0.25, 0.3) is 0 Å². The predicted molar refractivity (Wildman–Crippen MR) is 105 cm³/mol. The molecular formula is C21H32N2. The second-order valence-corrected chi connectivity index (χ2v) is 7.06. The van der Waals surface area contributed by atoms with Crippen LogP contribution in [0.4, 0.5) is 5.69 Å². The van der Waals surface area contributed by atoms with Gasteiger partial charge in [-0.3, -0.25) is 9.98 Å². The van der Waals surface area contributed by atoms with E-state index in [0.717, 1.165) is 11.4 Å². The average Bonchev–Trinajstić information content (AvgIpc) is 2.46. The molecule has 0 bridgehead atoms. The third-order valence-electron chi connectivity index (χ3n) is 3.65. The third kappa shape index (κ3) is 6.52. The zero-order valence-corrected chi connectivity index (χ0v) is 15.8. The molecular weight excluding hydrogens is 280 g/mol. The highest BCUT2D eigenvalue weighted by Gasteiger charge is 2.13. The van der Waals surface area contributed by atoms with Gasteiger partial charge in [-0.05, 0) is 41.9 Å². The first-order valence-corrected chi connectivity index (χ1v) is 8.66. The van der Waals surface area contributed by atoms with Gasteiger partial charge in [-0.1, -0.05) is 65.8 Å². The van der Waals surface area contributed by atoms with Crippen LogP contribution in [0.2, 0.25) is 0 Å². The van der Waals surface area contributed by atoms with Crippen molar-refractivity contribution in [1.29, 1.82) is 0 Å². The SMILES string of the molecule is C/C(C/N=C\C=C/C(C)C)=N\c1c(C(C)C)cccc1C(C)C. The highest BCUT2D eigenvalue weighted by Crippen LogP contribution is 2.34. The standard InChI is InChI=1S/C21H32N2/c1-15(2)10-9-13-22-14-18(7)23-21-19(16(3)4)11-8-12-20(21)17(5)6/h8-13,15-17H,14H2,1-7H3/b10-9-,22-13-,23-18+. The molecule has 0 aliphatic rings. The summed E-state index contributed by atoms with van der Waals surface area (Å²) >= 11 is 0. The number of hydrogen-bond donors (Lipinski definition) is 0. The topological polar surface area (TPSA) is 24.7 Å². The fourth-order valence-corrected chi connectivity index (χ4v) is 2.38. The van der Waals surface area contributed by atoms with Gasteiger partial charge in [-0.25, -0.2) is 0 Å². The van der Waals surface area contributed by atoms with Crippen LogP contribution in [0, 0.1) is 5.92 Å². The Balaban J connectivity index is 3.01. The van der Waals surface area contributed by atoms with Gasteiger partial charge in [0.15, 0.2) is 0 Å². The molecule has 1 rings (SSSR count). The molecule has 0 spiro atoms. The lowest BCUT2D eigenvalue weighted by molar-refractivity contribution is 0.833. The van der Waals surface area contributed by atoms with Crippen molar-refractivity contribution in [1.82, 2.24) is 0 Å². The summed E-state index contributed by atoms with van der Waals surface area (Å²) in [7, 11) is 0. The van der Waals surface area contributed by atoms with Gasteiger partial charge >= 0.3 is 0 Å². The summed E-state index contributed by atoms with van der Waals surface area (Å²) in [6, 6.07) is 6.53. The molecule has 0 radical (unpaired) electrons. The van der Waals surface area contributed by atoms with Crippen molar-refractivity contribution in [2.75, 3.05) is 6.54 Å². The van der Waals surface area contributed by atoms with Crippen LogP contribution >= 0.6 is 0 Å². The highest BCUT2D eigenvalue weighted by molar-refractivity contribution is 5.89. The fourth-order valence-electron chi connectivity index (χ4n) is 2.38. The van der Waals surface area contributed by atoms with Gasteiger partial charge in [0.05, 0.1) is 12.2 Å². The van der Waals surface area contributed by atoms with Gasteiger partial charge in [0.1, 0.15) is 0 Å². The minimum absolute atomic E-state index is 0.470. The summed E-state index contributed by atoms with van der Waals surface area (Å²) in [5, 5.41) is 0. The molecule has 0 heterocycles. The molecule has 0 N–H and O–H groups in total. The van der Waals surface area contributed by atoms with E-state index in [1.54, 1.807) is 0 Å². The first kappa shape index (κ1) is 19.3. The van der Waals surface area contributed by atoms with E-state index < -0.39 is 0 Å². The van der Waals surface area contributed by atoms with Crippen LogP contribution in [0.5, 0.6) is 0 Å². The van der Waals surface area contributed by atoms with E-state index >= 15 is 0 Å². The molecule has 2 nitrogen and oxygen atoms in total. The predicted octanol–water partition coefficient (Wildman–Crippen LogP) is 6.31. The Bertz CT molecular complexity index is 549. The molecule has 0 atom stereocenters. The Hall–Kier alpha value is -1.70. The van der Waals surface area contributed by atoms with Crippen LogP contribution in [0.3, 0.4) is 0 Å². The summed E-state index contributed by atoms with van der Waals surface area (Å²) < 4.78 is 0. The summed E-state index contributed by atoms with van der Waals surface area (Å²) in [6.45, 7) is 15.9. The number of allylic oxidation sites excluding steroid dienone is 2. The van der Waals surface area contributed by atoms with E-state index in [1.165, 1.54) is 11.1 Å². The lowest BCUT2D eigenvalue weighted by Crippen LogP contribution is -2.00. The second kappa shape index (κ2) is 9.44. The lowest BCUT2D eigenvalue weighted by Gasteiger charge is -2.16. The van der Waals surface area contributed by atoms with Crippen LogP contribution in [0.15, 0.2) is 40.3 Å². The zero-order valence-electron chi connectivity index (χ0n) is 15.8. The van der Waals surface area contributed by atoms with E-state index in [-0.39, 0.29) is 0 Å². The zero-order chi connectivity index (χ0) is 17.4. The molecule has 0 saturated heterocycles. The number of benzene rings is 1. The Labute approximate surface area is 142 Å². The maximum absolute atomic E-state index is 4.91. The Morgan fingerprint density at radius 2 is 1.57 bits per heavy atom. The number of nitrogens with zero attached hydrogens (tertiary/aromatic N) is 2.